The Morgan fingerprint density at radius 1 is 1.40 bits per heavy atom. The summed E-state index contributed by atoms with van der Waals surface area (Å²) >= 11 is 3.67. The number of benzene rings is 1. The second kappa shape index (κ2) is 4.26. The number of hydrogen-bond acceptors (Lipinski definition) is 1. The molecule has 1 aromatic rings. The van der Waals surface area contributed by atoms with Crippen molar-refractivity contribution in [3.8, 4) is 0 Å². The summed E-state index contributed by atoms with van der Waals surface area (Å²) in [5.74, 6) is 0. The molecule has 0 radical (unpaired) electrons. The molecule has 2 rings (SSSR count). The van der Waals surface area contributed by atoms with E-state index in [1.54, 1.807) is 0 Å². The van der Waals surface area contributed by atoms with Crippen molar-refractivity contribution in [2.45, 2.75) is 38.0 Å². The maximum Gasteiger partial charge on any atom is 0.0213 e. The van der Waals surface area contributed by atoms with Crippen molar-refractivity contribution in [2.75, 3.05) is 6.54 Å². The van der Waals surface area contributed by atoms with Crippen LogP contribution in [-0.4, -0.2) is 6.54 Å². The number of nitrogens with two attached hydrogens (primary N) is 1. The lowest BCUT2D eigenvalue weighted by Crippen LogP contribution is -2.36. The van der Waals surface area contributed by atoms with Gasteiger partial charge in [0.2, 0.25) is 0 Å². The van der Waals surface area contributed by atoms with Crippen LogP contribution in [0.4, 0.5) is 0 Å². The van der Waals surface area contributed by atoms with Crippen LogP contribution in [0.3, 0.4) is 0 Å². The van der Waals surface area contributed by atoms with E-state index in [-0.39, 0.29) is 0 Å². The Bertz CT molecular complexity index is 356. The molecule has 2 heteroatoms. The zero-order valence-corrected chi connectivity index (χ0v) is 10.8. The molecule has 82 valence electrons. The Morgan fingerprint density at radius 3 is 2.67 bits per heavy atom. The molecule has 1 nitrogen and oxygen atoms in total. The average molecular weight is 268 g/mol. The minimum atomic E-state index is 0.375. The van der Waals surface area contributed by atoms with Crippen molar-refractivity contribution in [3.05, 3.63) is 33.8 Å². The Hall–Kier alpha value is -0.340. The zero-order valence-electron chi connectivity index (χ0n) is 9.22. The highest BCUT2D eigenvalue weighted by Gasteiger charge is 2.38. The highest BCUT2D eigenvalue weighted by atomic mass is 79.9. The first-order chi connectivity index (χ1) is 7.18. The van der Waals surface area contributed by atoms with E-state index in [0.717, 1.165) is 13.0 Å². The van der Waals surface area contributed by atoms with Gasteiger partial charge in [-0.3, -0.25) is 0 Å². The lowest BCUT2D eigenvalue weighted by Gasteiger charge is -2.43. The van der Waals surface area contributed by atoms with Crippen molar-refractivity contribution >= 4 is 15.9 Å². The fourth-order valence-corrected chi connectivity index (χ4v) is 3.25. The monoisotopic (exact) mass is 267 g/mol. The van der Waals surface area contributed by atoms with E-state index < -0.39 is 0 Å². The molecule has 1 fully saturated rings. The van der Waals surface area contributed by atoms with Gasteiger partial charge in [0.05, 0.1) is 0 Å². The Labute approximate surface area is 100 Å². The fourth-order valence-electron chi connectivity index (χ4n) is 2.58. The molecular weight excluding hydrogens is 250 g/mol. The standard InChI is InChI=1S/C13H18BrN/c1-10-3-4-12(14)11(9-10)13(7-8-15)5-2-6-13/h3-4,9H,2,5-8,15H2,1H3. The second-order valence-corrected chi connectivity index (χ2v) is 5.51. The molecule has 0 spiro atoms. The van der Waals surface area contributed by atoms with Gasteiger partial charge in [-0.05, 0) is 49.8 Å². The van der Waals surface area contributed by atoms with Crippen LogP contribution in [0.2, 0.25) is 0 Å². The average Bonchev–Trinajstić information content (AvgIpc) is 2.16. The van der Waals surface area contributed by atoms with Crippen molar-refractivity contribution in [1.29, 1.82) is 0 Å². The van der Waals surface area contributed by atoms with Gasteiger partial charge in [0.25, 0.3) is 0 Å². The van der Waals surface area contributed by atoms with E-state index in [9.17, 15) is 0 Å². The van der Waals surface area contributed by atoms with Crippen LogP contribution < -0.4 is 5.73 Å². The summed E-state index contributed by atoms with van der Waals surface area (Å²) in [6.07, 6.45) is 5.06. The van der Waals surface area contributed by atoms with E-state index >= 15 is 0 Å². The number of rotatable bonds is 3. The molecule has 0 atom stereocenters. The molecule has 0 unspecified atom stereocenters. The normalized spacial score (nSPS) is 18.6. The molecule has 0 bridgehead atoms. The van der Waals surface area contributed by atoms with Gasteiger partial charge in [0.15, 0.2) is 0 Å². The molecule has 0 aromatic heterocycles. The van der Waals surface area contributed by atoms with E-state index in [0.29, 0.717) is 5.41 Å². The second-order valence-electron chi connectivity index (χ2n) is 4.66. The minimum absolute atomic E-state index is 0.375. The van der Waals surface area contributed by atoms with Crippen molar-refractivity contribution < 1.29 is 0 Å². The third-order valence-corrected chi connectivity index (χ3v) is 4.32. The maximum absolute atomic E-state index is 5.73. The van der Waals surface area contributed by atoms with E-state index in [4.69, 9.17) is 5.73 Å². The maximum atomic E-state index is 5.73. The minimum Gasteiger partial charge on any atom is -0.330 e. The topological polar surface area (TPSA) is 26.0 Å². The molecule has 15 heavy (non-hydrogen) atoms. The van der Waals surface area contributed by atoms with Gasteiger partial charge in [0, 0.05) is 4.47 Å². The third kappa shape index (κ3) is 1.98. The van der Waals surface area contributed by atoms with Crippen LogP contribution in [0.25, 0.3) is 0 Å². The van der Waals surface area contributed by atoms with Crippen molar-refractivity contribution in [2.24, 2.45) is 5.73 Å². The van der Waals surface area contributed by atoms with Gasteiger partial charge in [-0.1, -0.05) is 40.0 Å². The summed E-state index contributed by atoms with van der Waals surface area (Å²) in [6, 6.07) is 6.64. The highest BCUT2D eigenvalue weighted by Crippen LogP contribution is 2.48. The highest BCUT2D eigenvalue weighted by molar-refractivity contribution is 9.10. The predicted molar refractivity (Wildman–Crippen MR) is 68.1 cm³/mol. The van der Waals surface area contributed by atoms with Gasteiger partial charge in [0.1, 0.15) is 0 Å². The van der Waals surface area contributed by atoms with Gasteiger partial charge in [-0.25, -0.2) is 0 Å². The van der Waals surface area contributed by atoms with Gasteiger partial charge < -0.3 is 5.73 Å². The van der Waals surface area contributed by atoms with Crippen molar-refractivity contribution in [1.82, 2.24) is 0 Å². The molecule has 1 aromatic carbocycles. The van der Waals surface area contributed by atoms with Gasteiger partial charge in [-0.15, -0.1) is 0 Å². The van der Waals surface area contributed by atoms with Crippen LogP contribution in [-0.2, 0) is 5.41 Å². The first-order valence-electron chi connectivity index (χ1n) is 5.65. The summed E-state index contributed by atoms with van der Waals surface area (Å²) in [6.45, 7) is 2.95. The molecule has 2 N–H and O–H groups in total. The first kappa shape index (κ1) is 11.2. The number of halogens is 1. The molecule has 1 aliphatic carbocycles. The number of aryl methyl sites for hydroxylation is 1. The SMILES string of the molecule is Cc1ccc(Br)c(C2(CCN)CCC2)c1. The Morgan fingerprint density at radius 2 is 2.13 bits per heavy atom. The molecule has 0 heterocycles. The Kier molecular flexibility index (Phi) is 3.17. The van der Waals surface area contributed by atoms with Crippen LogP contribution in [0, 0.1) is 6.92 Å². The first-order valence-corrected chi connectivity index (χ1v) is 6.44. The lowest BCUT2D eigenvalue weighted by atomic mass is 9.62. The zero-order chi connectivity index (χ0) is 10.9. The molecule has 1 saturated carbocycles. The molecule has 0 saturated heterocycles. The molecule has 0 aliphatic heterocycles. The van der Waals surface area contributed by atoms with E-state index in [1.807, 2.05) is 0 Å². The summed E-state index contributed by atoms with van der Waals surface area (Å²) in [7, 11) is 0. The van der Waals surface area contributed by atoms with Crippen LogP contribution in [0.1, 0.15) is 36.8 Å². The molecule has 0 amide bonds. The largest absolute Gasteiger partial charge is 0.330 e. The summed E-state index contributed by atoms with van der Waals surface area (Å²) in [4.78, 5) is 0. The van der Waals surface area contributed by atoms with Crippen LogP contribution in [0.5, 0.6) is 0 Å². The summed E-state index contributed by atoms with van der Waals surface area (Å²) in [5, 5.41) is 0. The van der Waals surface area contributed by atoms with Gasteiger partial charge >= 0.3 is 0 Å². The summed E-state index contributed by atoms with van der Waals surface area (Å²) in [5.41, 5.74) is 8.92. The lowest BCUT2D eigenvalue weighted by molar-refractivity contribution is 0.228. The van der Waals surface area contributed by atoms with E-state index in [2.05, 4.69) is 41.1 Å². The molecule has 1 aliphatic rings. The smallest absolute Gasteiger partial charge is 0.0213 e. The fraction of sp³-hybridized carbons (Fsp3) is 0.538. The quantitative estimate of drug-likeness (QED) is 0.891. The third-order valence-electron chi connectivity index (χ3n) is 3.63. The Balaban J connectivity index is 2.37. The summed E-state index contributed by atoms with van der Waals surface area (Å²) < 4.78 is 1.25. The number of hydrogen-bond donors (Lipinski definition) is 1. The predicted octanol–water partition coefficient (Wildman–Crippen LogP) is 3.53. The van der Waals surface area contributed by atoms with Crippen LogP contribution >= 0.6 is 15.9 Å². The van der Waals surface area contributed by atoms with E-state index in [1.165, 1.54) is 34.9 Å². The van der Waals surface area contributed by atoms with Gasteiger partial charge in [-0.2, -0.15) is 0 Å². The molecular formula is C13H18BrN. The van der Waals surface area contributed by atoms with Crippen LogP contribution in [0.15, 0.2) is 22.7 Å². The van der Waals surface area contributed by atoms with Crippen molar-refractivity contribution in [3.63, 3.8) is 0 Å².